The van der Waals surface area contributed by atoms with E-state index in [-0.39, 0.29) is 17.4 Å². The lowest BCUT2D eigenvalue weighted by molar-refractivity contribution is -0.133. The summed E-state index contributed by atoms with van der Waals surface area (Å²) in [5.41, 5.74) is 1.35. The van der Waals surface area contributed by atoms with Gasteiger partial charge < -0.3 is 4.90 Å². The highest BCUT2D eigenvalue weighted by molar-refractivity contribution is 5.76. The molecule has 1 aromatic rings. The Labute approximate surface area is 111 Å². The third kappa shape index (κ3) is 4.17. The lowest BCUT2D eigenvalue weighted by atomic mass is 9.87. The van der Waals surface area contributed by atoms with Gasteiger partial charge in [0.05, 0.1) is 0 Å². The standard InChI is InChI=1S/C16H25NO/c1-13(16(2,3)4)17(5)15(18)12-11-14-9-7-6-8-10-14/h6-10,13H,11-12H2,1-5H3/t13-/m1/s1. The minimum absolute atomic E-state index is 0.122. The fourth-order valence-corrected chi connectivity index (χ4v) is 1.87. The zero-order valence-corrected chi connectivity index (χ0v) is 12.2. The van der Waals surface area contributed by atoms with Crippen LogP contribution >= 0.6 is 0 Å². The molecule has 1 aromatic carbocycles. The van der Waals surface area contributed by atoms with Crippen LogP contribution in [0.5, 0.6) is 0 Å². The Hall–Kier alpha value is -1.31. The number of carbonyl (C=O) groups is 1. The Kier molecular flexibility index (Phi) is 4.94. The smallest absolute Gasteiger partial charge is 0.222 e. The molecule has 100 valence electrons. The van der Waals surface area contributed by atoms with E-state index in [0.717, 1.165) is 6.42 Å². The van der Waals surface area contributed by atoms with Crippen LogP contribution in [0.1, 0.15) is 39.7 Å². The van der Waals surface area contributed by atoms with Crippen LogP contribution in [0.15, 0.2) is 30.3 Å². The molecule has 0 aliphatic carbocycles. The molecule has 0 aromatic heterocycles. The van der Waals surface area contributed by atoms with Crippen LogP contribution in [0.2, 0.25) is 0 Å². The Morgan fingerprint density at radius 1 is 1.22 bits per heavy atom. The average molecular weight is 247 g/mol. The number of carbonyl (C=O) groups excluding carboxylic acids is 1. The largest absolute Gasteiger partial charge is 0.343 e. The van der Waals surface area contributed by atoms with Crippen molar-refractivity contribution in [3.05, 3.63) is 35.9 Å². The highest BCUT2D eigenvalue weighted by Crippen LogP contribution is 2.23. The van der Waals surface area contributed by atoms with Gasteiger partial charge in [0.25, 0.3) is 0 Å². The van der Waals surface area contributed by atoms with Crippen LogP contribution in [-0.4, -0.2) is 23.9 Å². The lowest BCUT2D eigenvalue weighted by Gasteiger charge is -2.35. The van der Waals surface area contributed by atoms with Gasteiger partial charge in [-0.3, -0.25) is 4.79 Å². The number of rotatable bonds is 4. The first kappa shape index (κ1) is 14.7. The first-order valence-electron chi connectivity index (χ1n) is 6.62. The monoisotopic (exact) mass is 247 g/mol. The quantitative estimate of drug-likeness (QED) is 0.797. The molecule has 0 bridgehead atoms. The number of aryl methyl sites for hydroxylation is 1. The van der Waals surface area contributed by atoms with Gasteiger partial charge in [0, 0.05) is 19.5 Å². The van der Waals surface area contributed by atoms with Gasteiger partial charge in [-0.2, -0.15) is 0 Å². The minimum Gasteiger partial charge on any atom is -0.343 e. The zero-order chi connectivity index (χ0) is 13.8. The van der Waals surface area contributed by atoms with Crippen molar-refractivity contribution in [2.75, 3.05) is 7.05 Å². The van der Waals surface area contributed by atoms with E-state index in [1.807, 2.05) is 30.1 Å². The predicted octanol–water partition coefficient (Wildman–Crippen LogP) is 3.51. The highest BCUT2D eigenvalue weighted by atomic mass is 16.2. The van der Waals surface area contributed by atoms with Gasteiger partial charge in [-0.15, -0.1) is 0 Å². The molecular formula is C16H25NO. The second kappa shape index (κ2) is 6.03. The maximum atomic E-state index is 12.1. The van der Waals surface area contributed by atoms with Crippen molar-refractivity contribution in [3.63, 3.8) is 0 Å². The molecule has 0 fully saturated rings. The number of hydrogen-bond donors (Lipinski definition) is 0. The van der Waals surface area contributed by atoms with Gasteiger partial charge in [-0.05, 0) is 24.3 Å². The average Bonchev–Trinajstić information content (AvgIpc) is 2.34. The van der Waals surface area contributed by atoms with E-state index < -0.39 is 0 Å². The van der Waals surface area contributed by atoms with Crippen LogP contribution in [0.3, 0.4) is 0 Å². The van der Waals surface area contributed by atoms with Crippen LogP contribution < -0.4 is 0 Å². The lowest BCUT2D eigenvalue weighted by Crippen LogP contribution is -2.43. The molecule has 0 N–H and O–H groups in total. The number of benzene rings is 1. The number of amides is 1. The molecule has 0 spiro atoms. The van der Waals surface area contributed by atoms with E-state index in [1.54, 1.807) is 0 Å². The first-order valence-corrected chi connectivity index (χ1v) is 6.62. The minimum atomic E-state index is 0.122. The Balaban J connectivity index is 2.51. The summed E-state index contributed by atoms with van der Waals surface area (Å²) < 4.78 is 0. The molecule has 2 nitrogen and oxygen atoms in total. The van der Waals surface area contributed by atoms with Gasteiger partial charge in [0.2, 0.25) is 5.91 Å². The third-order valence-electron chi connectivity index (χ3n) is 3.70. The van der Waals surface area contributed by atoms with E-state index in [1.165, 1.54) is 5.56 Å². The van der Waals surface area contributed by atoms with Crippen molar-refractivity contribution in [3.8, 4) is 0 Å². The Morgan fingerprint density at radius 3 is 2.28 bits per heavy atom. The molecular weight excluding hydrogens is 222 g/mol. The molecule has 1 amide bonds. The van der Waals surface area contributed by atoms with Crippen molar-refractivity contribution in [2.24, 2.45) is 5.41 Å². The topological polar surface area (TPSA) is 20.3 Å². The second-order valence-corrected chi connectivity index (χ2v) is 6.03. The predicted molar refractivity (Wildman–Crippen MR) is 76.5 cm³/mol. The maximum absolute atomic E-state index is 12.1. The van der Waals surface area contributed by atoms with Crippen LogP contribution in [0.4, 0.5) is 0 Å². The third-order valence-corrected chi connectivity index (χ3v) is 3.70. The number of hydrogen-bond acceptors (Lipinski definition) is 1. The van der Waals surface area contributed by atoms with Crippen molar-refractivity contribution >= 4 is 5.91 Å². The van der Waals surface area contributed by atoms with Gasteiger partial charge in [0.15, 0.2) is 0 Å². The van der Waals surface area contributed by atoms with E-state index in [4.69, 9.17) is 0 Å². The van der Waals surface area contributed by atoms with Crippen LogP contribution in [-0.2, 0) is 11.2 Å². The maximum Gasteiger partial charge on any atom is 0.222 e. The SMILES string of the molecule is C[C@@H](N(C)C(=O)CCc1ccccc1)C(C)(C)C. The normalized spacial score (nSPS) is 13.2. The molecule has 1 atom stereocenters. The fourth-order valence-electron chi connectivity index (χ4n) is 1.87. The fraction of sp³-hybridized carbons (Fsp3) is 0.562. The summed E-state index contributed by atoms with van der Waals surface area (Å²) in [4.78, 5) is 14.0. The highest BCUT2D eigenvalue weighted by Gasteiger charge is 2.26. The van der Waals surface area contributed by atoms with Gasteiger partial charge in [-0.1, -0.05) is 51.1 Å². The summed E-state index contributed by atoms with van der Waals surface area (Å²) in [7, 11) is 1.91. The summed E-state index contributed by atoms with van der Waals surface area (Å²) in [6, 6.07) is 10.4. The van der Waals surface area contributed by atoms with E-state index in [0.29, 0.717) is 6.42 Å². The molecule has 1 rings (SSSR count). The van der Waals surface area contributed by atoms with Gasteiger partial charge >= 0.3 is 0 Å². The Morgan fingerprint density at radius 2 is 1.78 bits per heavy atom. The molecule has 0 unspecified atom stereocenters. The van der Waals surface area contributed by atoms with Crippen molar-refractivity contribution in [2.45, 2.75) is 46.6 Å². The molecule has 18 heavy (non-hydrogen) atoms. The first-order chi connectivity index (χ1) is 8.32. The van der Waals surface area contributed by atoms with Crippen molar-refractivity contribution < 1.29 is 4.79 Å². The summed E-state index contributed by atoms with van der Waals surface area (Å²) in [6.07, 6.45) is 1.40. The second-order valence-electron chi connectivity index (χ2n) is 6.03. The summed E-state index contributed by atoms with van der Waals surface area (Å²) in [5, 5.41) is 0. The van der Waals surface area contributed by atoms with Gasteiger partial charge in [-0.25, -0.2) is 0 Å². The van der Waals surface area contributed by atoms with Gasteiger partial charge in [0.1, 0.15) is 0 Å². The molecule has 0 aliphatic heterocycles. The zero-order valence-electron chi connectivity index (χ0n) is 12.2. The van der Waals surface area contributed by atoms with E-state index >= 15 is 0 Å². The molecule has 2 heteroatoms. The van der Waals surface area contributed by atoms with Crippen molar-refractivity contribution in [1.82, 2.24) is 4.90 Å². The molecule has 0 saturated heterocycles. The van der Waals surface area contributed by atoms with E-state index in [2.05, 4.69) is 39.8 Å². The van der Waals surface area contributed by atoms with Crippen LogP contribution in [0.25, 0.3) is 0 Å². The van der Waals surface area contributed by atoms with Crippen LogP contribution in [0, 0.1) is 5.41 Å². The van der Waals surface area contributed by atoms with Crippen molar-refractivity contribution in [1.29, 1.82) is 0 Å². The number of nitrogens with zero attached hydrogens (tertiary/aromatic N) is 1. The summed E-state index contributed by atoms with van der Waals surface area (Å²) in [5.74, 6) is 0.223. The summed E-state index contributed by atoms with van der Waals surface area (Å²) >= 11 is 0. The molecule has 0 radical (unpaired) electrons. The molecule has 0 saturated carbocycles. The summed E-state index contributed by atoms with van der Waals surface area (Å²) in [6.45, 7) is 8.61. The Bertz CT molecular complexity index is 378. The van der Waals surface area contributed by atoms with E-state index in [9.17, 15) is 4.79 Å². The molecule has 0 heterocycles. The molecule has 0 aliphatic rings.